The maximum absolute atomic E-state index is 12.1. The summed E-state index contributed by atoms with van der Waals surface area (Å²) in [4.78, 5) is 65.8. The minimum atomic E-state index is -0.468. The van der Waals surface area contributed by atoms with Gasteiger partial charge in [-0.3, -0.25) is 0 Å². The maximum Gasteiger partial charge on any atom is 0.357 e. The van der Waals surface area contributed by atoms with E-state index in [0.29, 0.717) is 40.9 Å². The van der Waals surface area contributed by atoms with Crippen molar-refractivity contribution in [1.82, 2.24) is 19.9 Å². The molecule has 0 saturated heterocycles. The number of aryl methyl sites for hydroxylation is 1. The zero-order valence-corrected chi connectivity index (χ0v) is 59.5. The lowest BCUT2D eigenvalue weighted by Gasteiger charge is -2.12. The van der Waals surface area contributed by atoms with Crippen molar-refractivity contribution < 1.29 is 61.8 Å². The molecular formula is C80H100N4O13. The summed E-state index contributed by atoms with van der Waals surface area (Å²) in [5.74, 6) is 1.06. The fourth-order valence-electron chi connectivity index (χ4n) is 9.40. The molecule has 0 atom stereocenters. The number of methoxy groups -OCH3 is 3. The Kier molecular flexibility index (Phi) is 34.0. The fourth-order valence-corrected chi connectivity index (χ4v) is 9.40. The number of nitrogens with zero attached hydrogens (tertiary/aromatic N) is 4. The van der Waals surface area contributed by atoms with Crippen molar-refractivity contribution in [3.8, 4) is 68.0 Å². The number of esters is 4. The second kappa shape index (κ2) is 42.2. The van der Waals surface area contributed by atoms with Gasteiger partial charge in [0, 0.05) is 53.6 Å². The van der Waals surface area contributed by atoms with Crippen LogP contribution >= 0.6 is 0 Å². The van der Waals surface area contributed by atoms with Crippen LogP contribution in [0.15, 0.2) is 158 Å². The highest BCUT2D eigenvalue weighted by Crippen LogP contribution is 2.29. The van der Waals surface area contributed by atoms with Gasteiger partial charge in [-0.25, -0.2) is 39.1 Å². The molecule has 518 valence electrons. The number of aromatic nitrogens is 4. The minimum Gasteiger partial charge on any atom is -0.497 e. The molecule has 4 aromatic heterocycles. The summed E-state index contributed by atoms with van der Waals surface area (Å²) in [5, 5.41) is 0. The highest BCUT2D eigenvalue weighted by atomic mass is 16.6. The van der Waals surface area contributed by atoms with E-state index in [9.17, 15) is 19.2 Å². The molecule has 0 radical (unpaired) electrons. The highest BCUT2D eigenvalue weighted by molar-refractivity contribution is 5.90. The first kappa shape index (κ1) is 78.2. The first-order chi connectivity index (χ1) is 46.6. The molecule has 0 saturated carbocycles. The molecule has 0 aliphatic heterocycles. The second-order valence-electron chi connectivity index (χ2n) is 24.3. The number of benzene rings is 4. The van der Waals surface area contributed by atoms with E-state index in [4.69, 9.17) is 42.6 Å². The number of ether oxygens (including phenoxy) is 9. The summed E-state index contributed by atoms with van der Waals surface area (Å²) < 4.78 is 47.9. The van der Waals surface area contributed by atoms with Crippen LogP contribution in [0.4, 0.5) is 0 Å². The molecule has 17 heteroatoms. The van der Waals surface area contributed by atoms with Crippen LogP contribution < -0.4 is 18.9 Å². The third-order valence-corrected chi connectivity index (χ3v) is 14.1. The summed E-state index contributed by atoms with van der Waals surface area (Å²) in [5.41, 5.74) is 10.1. The van der Waals surface area contributed by atoms with E-state index in [-0.39, 0.29) is 47.9 Å². The molecule has 0 fully saturated rings. The molecule has 8 rings (SSSR count). The predicted octanol–water partition coefficient (Wildman–Crippen LogP) is 18.7. The van der Waals surface area contributed by atoms with E-state index in [1.807, 2.05) is 139 Å². The van der Waals surface area contributed by atoms with E-state index in [1.165, 1.54) is 56.9 Å². The molecule has 0 bridgehead atoms. The summed E-state index contributed by atoms with van der Waals surface area (Å²) in [6.45, 7) is 24.2. The number of unbranched alkanes of at least 4 members (excludes halogenated alkanes) is 7. The Morgan fingerprint density at radius 1 is 0.351 bits per heavy atom. The normalized spacial score (nSPS) is 10.8. The van der Waals surface area contributed by atoms with E-state index < -0.39 is 17.9 Å². The average Bonchev–Trinajstić information content (AvgIpc) is 1.07. The predicted molar refractivity (Wildman–Crippen MR) is 383 cm³/mol. The summed E-state index contributed by atoms with van der Waals surface area (Å²) >= 11 is 0. The lowest BCUT2D eigenvalue weighted by atomic mass is 10.0. The Morgan fingerprint density at radius 3 is 1.10 bits per heavy atom. The van der Waals surface area contributed by atoms with Crippen molar-refractivity contribution in [3.05, 3.63) is 192 Å². The van der Waals surface area contributed by atoms with E-state index >= 15 is 0 Å². The topological polar surface area (TPSA) is 203 Å². The van der Waals surface area contributed by atoms with Gasteiger partial charge in [-0.15, -0.1) is 0 Å². The van der Waals surface area contributed by atoms with Crippen LogP contribution in [0.5, 0.6) is 23.0 Å². The number of pyridine rings is 4. The van der Waals surface area contributed by atoms with Gasteiger partial charge < -0.3 is 42.6 Å². The monoisotopic (exact) mass is 1320 g/mol. The van der Waals surface area contributed by atoms with Crippen LogP contribution in [-0.2, 0) is 36.7 Å². The molecule has 97 heavy (non-hydrogen) atoms. The van der Waals surface area contributed by atoms with Gasteiger partial charge >= 0.3 is 23.9 Å². The molecule has 8 aromatic rings. The van der Waals surface area contributed by atoms with Gasteiger partial charge in [0.05, 0.1) is 80.7 Å². The smallest absolute Gasteiger partial charge is 0.357 e. The lowest BCUT2D eigenvalue weighted by Crippen LogP contribution is -2.13. The quantitative estimate of drug-likeness (QED) is 0.0233. The Morgan fingerprint density at radius 2 is 0.711 bits per heavy atom. The van der Waals surface area contributed by atoms with Gasteiger partial charge in [0.1, 0.15) is 34.4 Å². The van der Waals surface area contributed by atoms with Gasteiger partial charge in [-0.1, -0.05) is 119 Å². The Bertz CT molecular complexity index is 3650. The lowest BCUT2D eigenvalue weighted by molar-refractivity contribution is 0.0360. The van der Waals surface area contributed by atoms with E-state index in [2.05, 4.69) is 58.0 Å². The largest absolute Gasteiger partial charge is 0.497 e. The van der Waals surface area contributed by atoms with Crippen LogP contribution in [0.3, 0.4) is 0 Å². The van der Waals surface area contributed by atoms with Crippen molar-refractivity contribution in [3.63, 3.8) is 0 Å². The number of carbonyl (C=O) groups is 4. The first-order valence-corrected chi connectivity index (χ1v) is 33.7. The fraction of sp³-hybridized carbons (Fsp3) is 0.400. The second-order valence-corrected chi connectivity index (χ2v) is 24.3. The Hall–Kier alpha value is -9.48. The van der Waals surface area contributed by atoms with E-state index in [0.717, 1.165) is 70.2 Å². The van der Waals surface area contributed by atoms with Gasteiger partial charge in [0.15, 0.2) is 11.4 Å². The molecule has 0 N–H and O–H groups in total. The van der Waals surface area contributed by atoms with Crippen LogP contribution in [-0.4, -0.2) is 102 Å². The third kappa shape index (κ3) is 28.4. The number of rotatable bonds is 30. The minimum absolute atomic E-state index is 0.114. The zero-order valence-electron chi connectivity index (χ0n) is 59.5. The van der Waals surface area contributed by atoms with Crippen molar-refractivity contribution in [2.45, 2.75) is 184 Å². The van der Waals surface area contributed by atoms with Crippen molar-refractivity contribution in [1.29, 1.82) is 0 Å². The number of hydrogen-bond acceptors (Lipinski definition) is 17. The van der Waals surface area contributed by atoms with Gasteiger partial charge in [-0.2, -0.15) is 0 Å². The molecule has 0 unspecified atom stereocenters. The molecular weight excluding hydrogens is 1220 g/mol. The van der Waals surface area contributed by atoms with E-state index in [1.54, 1.807) is 85.4 Å². The van der Waals surface area contributed by atoms with Gasteiger partial charge in [-0.05, 0) is 172 Å². The summed E-state index contributed by atoms with van der Waals surface area (Å²) in [7, 11) is 4.76. The molecule has 0 aliphatic rings. The van der Waals surface area contributed by atoms with Crippen LogP contribution in [0.25, 0.3) is 45.0 Å². The number of carbonyl (C=O) groups excluding carboxylic acids is 4. The molecule has 0 spiro atoms. The maximum atomic E-state index is 12.1. The van der Waals surface area contributed by atoms with Crippen LogP contribution in [0.2, 0.25) is 0 Å². The van der Waals surface area contributed by atoms with Gasteiger partial charge in [0.2, 0.25) is 0 Å². The van der Waals surface area contributed by atoms with Crippen molar-refractivity contribution in [2.24, 2.45) is 0 Å². The van der Waals surface area contributed by atoms with Crippen LogP contribution in [0, 0.1) is 0 Å². The molecule has 17 nitrogen and oxygen atoms in total. The molecule has 0 amide bonds. The Balaban J connectivity index is 0.000000234. The van der Waals surface area contributed by atoms with Crippen LogP contribution in [0.1, 0.15) is 194 Å². The molecule has 4 heterocycles. The van der Waals surface area contributed by atoms with Gasteiger partial charge in [0.25, 0.3) is 0 Å². The van der Waals surface area contributed by atoms with Crippen molar-refractivity contribution >= 4 is 23.9 Å². The molecule has 0 aliphatic carbocycles. The molecule has 4 aromatic carbocycles. The highest BCUT2D eigenvalue weighted by Gasteiger charge is 2.18. The van der Waals surface area contributed by atoms with Crippen molar-refractivity contribution in [2.75, 3.05) is 27.9 Å². The number of hydrogen-bond donors (Lipinski definition) is 0. The summed E-state index contributed by atoms with van der Waals surface area (Å²) in [6.07, 6.45) is 11.8. The standard InChI is InChI=1S/C22H29NO3.C21H27NO2.C19H23NO4.C18H21NO4/c1-4-5-6-7-8-16-25-19-14-12-18(13-15-19)20-10-9-11-21(23-20)22(24)26-17(2)3;1-4-5-6-7-9-17-12-14-18(15-13-17)19-10-8-11-20(22-19)21(23)24-16(2)3;1-12(2)23-15-8-6-14(7-9-15)17-10-16(22-5)11-18(20-17)19(21)24-13(3)4;1-12(2)23-18(20)17-10-15(22-4)9-16(19-17)14-7-5-13(6-8-14)11-21-3/h9-15,17H,4-8,16H2,1-3H3;8,10-16H,4-7,9H2,1-3H3;6-13H,1-5H3;5-10,12H,11H2,1-4H3. The average molecular weight is 1330 g/mol. The SMILES string of the molecule is CCCCCCCOc1ccc(-c2cccc(C(=O)OC(C)C)n2)cc1.CCCCCCc1ccc(-c2cccc(C(=O)OC(C)C)n2)cc1.COCc1ccc(-c2cc(OC)cc(C(=O)OC(C)C)n2)cc1.COc1cc(C(=O)OC(C)C)nc(-c2ccc(OC(C)C)cc2)c1. The Labute approximate surface area is 575 Å². The summed E-state index contributed by atoms with van der Waals surface area (Å²) in [6, 6.07) is 49.2. The zero-order chi connectivity index (χ0) is 70.7. The third-order valence-electron chi connectivity index (χ3n) is 14.1. The first-order valence-electron chi connectivity index (χ1n) is 33.7.